The van der Waals surface area contributed by atoms with E-state index in [1.165, 1.54) is 36.1 Å². The van der Waals surface area contributed by atoms with Gasteiger partial charge < -0.3 is 5.32 Å². The van der Waals surface area contributed by atoms with Crippen molar-refractivity contribution < 1.29 is 0 Å². The van der Waals surface area contributed by atoms with E-state index < -0.39 is 0 Å². The minimum atomic E-state index is 0.572. The van der Waals surface area contributed by atoms with Gasteiger partial charge in [-0.15, -0.1) is 10.2 Å². The molecule has 3 aromatic rings. The molecular formula is C15H15N5S. The Morgan fingerprint density at radius 2 is 2.19 bits per heavy atom. The van der Waals surface area contributed by atoms with Crippen molar-refractivity contribution >= 4 is 22.0 Å². The molecule has 1 aliphatic carbocycles. The fourth-order valence-corrected chi connectivity index (χ4v) is 3.80. The van der Waals surface area contributed by atoms with Gasteiger partial charge in [0.15, 0.2) is 5.82 Å². The number of nitrogens with zero attached hydrogens (tertiary/aromatic N) is 4. The molecule has 1 saturated carbocycles. The lowest BCUT2D eigenvalue weighted by Crippen LogP contribution is -2.11. The topological polar surface area (TPSA) is 55.1 Å². The van der Waals surface area contributed by atoms with Crippen molar-refractivity contribution in [3.8, 4) is 10.6 Å². The summed E-state index contributed by atoms with van der Waals surface area (Å²) in [6.07, 6.45) is 4.79. The third-order valence-corrected chi connectivity index (χ3v) is 5.20. The molecule has 0 bridgehead atoms. The van der Waals surface area contributed by atoms with Crippen LogP contribution in [0.3, 0.4) is 0 Å². The maximum atomic E-state index is 4.74. The van der Waals surface area contributed by atoms with Gasteiger partial charge in [-0.1, -0.05) is 11.3 Å². The summed E-state index contributed by atoms with van der Waals surface area (Å²) in [5, 5.41) is 17.8. The monoisotopic (exact) mass is 297 g/mol. The third-order valence-electron chi connectivity index (χ3n) is 4.25. The summed E-state index contributed by atoms with van der Waals surface area (Å²) in [7, 11) is 0. The van der Waals surface area contributed by atoms with Crippen LogP contribution in [-0.4, -0.2) is 26.4 Å². The number of hydrogen-bond acceptors (Lipinski definition) is 5. The van der Waals surface area contributed by atoms with Crippen LogP contribution in [-0.2, 0) is 6.42 Å². The van der Waals surface area contributed by atoms with Crippen molar-refractivity contribution in [1.29, 1.82) is 0 Å². The Kier molecular flexibility index (Phi) is 2.38. The lowest BCUT2D eigenvalue weighted by atomic mass is 10.0. The Bertz CT molecular complexity index is 830. The van der Waals surface area contributed by atoms with Gasteiger partial charge in [-0.25, -0.2) is 0 Å². The molecule has 2 aliphatic rings. The molecule has 106 valence electrons. The summed E-state index contributed by atoms with van der Waals surface area (Å²) in [5.74, 6) is 1.61. The van der Waals surface area contributed by atoms with Crippen LogP contribution in [0, 0.1) is 0 Å². The number of anilines is 1. The zero-order valence-electron chi connectivity index (χ0n) is 11.5. The predicted molar refractivity (Wildman–Crippen MR) is 82.9 cm³/mol. The zero-order valence-corrected chi connectivity index (χ0v) is 12.4. The summed E-state index contributed by atoms with van der Waals surface area (Å²) in [6, 6.07) is 6.59. The van der Waals surface area contributed by atoms with Gasteiger partial charge in [-0.05, 0) is 49.4 Å². The van der Waals surface area contributed by atoms with Gasteiger partial charge in [0.2, 0.25) is 4.96 Å². The molecule has 5 rings (SSSR count). The van der Waals surface area contributed by atoms with E-state index in [0.29, 0.717) is 5.92 Å². The van der Waals surface area contributed by atoms with Gasteiger partial charge in [0, 0.05) is 23.7 Å². The number of benzene rings is 1. The van der Waals surface area contributed by atoms with Crippen LogP contribution < -0.4 is 5.32 Å². The maximum Gasteiger partial charge on any atom is 0.234 e. The highest BCUT2D eigenvalue weighted by atomic mass is 32.1. The standard InChI is InChI=1S/C15H15N5S/c1-2-10-8-11(5-6-12(10)16-7-1)14-19-20-13(9-3-4-9)17-18-15(20)21-14/h5-6,8-9,16H,1-4,7H2. The number of nitrogens with one attached hydrogen (secondary N) is 1. The second-order valence-electron chi connectivity index (χ2n) is 5.84. The summed E-state index contributed by atoms with van der Waals surface area (Å²) < 4.78 is 1.94. The molecule has 2 aromatic heterocycles. The normalized spacial score (nSPS) is 17.7. The average Bonchev–Trinajstić information content (AvgIpc) is 3.15. The molecule has 0 amide bonds. The summed E-state index contributed by atoms with van der Waals surface area (Å²) in [6.45, 7) is 1.08. The minimum absolute atomic E-state index is 0.572. The van der Waals surface area contributed by atoms with E-state index in [2.05, 4.69) is 33.7 Å². The van der Waals surface area contributed by atoms with Crippen LogP contribution in [0.15, 0.2) is 18.2 Å². The molecule has 0 radical (unpaired) electrons. The van der Waals surface area contributed by atoms with Crippen LogP contribution >= 0.6 is 11.3 Å². The SMILES string of the molecule is c1cc2c(cc1-c1nn3c(C4CC4)nnc3s1)CCCN2. The highest BCUT2D eigenvalue weighted by Crippen LogP contribution is 2.40. The Hall–Kier alpha value is -1.95. The van der Waals surface area contributed by atoms with Gasteiger partial charge in [0.1, 0.15) is 5.01 Å². The molecule has 0 saturated heterocycles. The fraction of sp³-hybridized carbons (Fsp3) is 0.400. The Labute approximate surface area is 126 Å². The van der Waals surface area contributed by atoms with Gasteiger partial charge in [0.25, 0.3) is 0 Å². The van der Waals surface area contributed by atoms with Gasteiger partial charge >= 0.3 is 0 Å². The number of aromatic nitrogens is 4. The molecule has 1 aliphatic heterocycles. The lowest BCUT2D eigenvalue weighted by molar-refractivity contribution is 0.825. The first-order valence-corrected chi connectivity index (χ1v) is 8.29. The molecule has 1 N–H and O–H groups in total. The average molecular weight is 297 g/mol. The molecule has 1 aromatic carbocycles. The molecule has 0 spiro atoms. The second-order valence-corrected chi connectivity index (χ2v) is 6.79. The molecule has 3 heterocycles. The van der Waals surface area contributed by atoms with E-state index >= 15 is 0 Å². The highest BCUT2D eigenvalue weighted by Gasteiger charge is 2.30. The maximum absolute atomic E-state index is 4.74. The second kappa shape index (κ2) is 4.27. The zero-order chi connectivity index (χ0) is 13.8. The van der Waals surface area contributed by atoms with E-state index in [1.54, 1.807) is 11.3 Å². The van der Waals surface area contributed by atoms with Crippen LogP contribution in [0.1, 0.15) is 36.6 Å². The summed E-state index contributed by atoms with van der Waals surface area (Å²) in [4.78, 5) is 0.905. The van der Waals surface area contributed by atoms with Crippen molar-refractivity contribution in [1.82, 2.24) is 19.8 Å². The number of hydrogen-bond donors (Lipinski definition) is 1. The van der Waals surface area contributed by atoms with Crippen molar-refractivity contribution in [3.05, 3.63) is 29.6 Å². The van der Waals surface area contributed by atoms with Crippen molar-refractivity contribution in [3.63, 3.8) is 0 Å². The molecule has 5 nitrogen and oxygen atoms in total. The molecule has 21 heavy (non-hydrogen) atoms. The number of rotatable bonds is 2. The van der Waals surface area contributed by atoms with Crippen molar-refractivity contribution in [2.45, 2.75) is 31.6 Å². The van der Waals surface area contributed by atoms with Gasteiger partial charge in [0.05, 0.1) is 0 Å². The molecule has 1 fully saturated rings. The first-order chi connectivity index (χ1) is 10.4. The first-order valence-electron chi connectivity index (χ1n) is 7.48. The molecular weight excluding hydrogens is 282 g/mol. The third kappa shape index (κ3) is 1.86. The van der Waals surface area contributed by atoms with Crippen molar-refractivity contribution in [2.75, 3.05) is 11.9 Å². The van der Waals surface area contributed by atoms with Gasteiger partial charge in [-0.3, -0.25) is 0 Å². The van der Waals surface area contributed by atoms with Crippen molar-refractivity contribution in [2.24, 2.45) is 0 Å². The molecule has 0 unspecified atom stereocenters. The van der Waals surface area contributed by atoms with Crippen LogP contribution in [0.2, 0.25) is 0 Å². The predicted octanol–water partition coefficient (Wildman–Crippen LogP) is 3.09. The number of fused-ring (bicyclic) bond motifs is 2. The first kappa shape index (κ1) is 11.7. The lowest BCUT2D eigenvalue weighted by Gasteiger charge is -2.18. The van der Waals surface area contributed by atoms with E-state index in [1.807, 2.05) is 4.52 Å². The summed E-state index contributed by atoms with van der Waals surface area (Å²) >= 11 is 1.62. The fourth-order valence-electron chi connectivity index (χ4n) is 2.95. The largest absolute Gasteiger partial charge is 0.385 e. The van der Waals surface area contributed by atoms with Gasteiger partial charge in [-0.2, -0.15) is 9.61 Å². The van der Waals surface area contributed by atoms with Crippen LogP contribution in [0.25, 0.3) is 15.5 Å². The molecule has 6 heteroatoms. The van der Waals surface area contributed by atoms with E-state index in [-0.39, 0.29) is 0 Å². The van der Waals surface area contributed by atoms with E-state index in [0.717, 1.165) is 28.8 Å². The molecule has 0 atom stereocenters. The van der Waals surface area contributed by atoms with E-state index in [9.17, 15) is 0 Å². The highest BCUT2D eigenvalue weighted by molar-refractivity contribution is 7.19. The number of aryl methyl sites for hydroxylation is 1. The smallest absolute Gasteiger partial charge is 0.234 e. The quantitative estimate of drug-likeness (QED) is 0.789. The summed E-state index contributed by atoms with van der Waals surface area (Å²) in [5.41, 5.74) is 3.86. The Balaban J connectivity index is 1.60. The Morgan fingerprint density at radius 1 is 1.24 bits per heavy atom. The van der Waals surface area contributed by atoms with Crippen LogP contribution in [0.5, 0.6) is 0 Å². The van der Waals surface area contributed by atoms with E-state index in [4.69, 9.17) is 5.10 Å². The minimum Gasteiger partial charge on any atom is -0.385 e. The van der Waals surface area contributed by atoms with Crippen LogP contribution in [0.4, 0.5) is 5.69 Å². The Morgan fingerprint density at radius 3 is 3.10 bits per heavy atom.